The van der Waals surface area contributed by atoms with E-state index in [1.165, 1.54) is 4.31 Å². The summed E-state index contributed by atoms with van der Waals surface area (Å²) in [5, 5.41) is 0. The maximum absolute atomic E-state index is 13.4. The van der Waals surface area contributed by atoms with Crippen LogP contribution in [0.15, 0.2) is 23.1 Å². The van der Waals surface area contributed by atoms with E-state index >= 15 is 0 Å². The Kier molecular flexibility index (Phi) is 3.51. The van der Waals surface area contributed by atoms with Crippen molar-refractivity contribution < 1.29 is 17.2 Å². The zero-order chi connectivity index (χ0) is 12.6. The van der Waals surface area contributed by atoms with Gasteiger partial charge in [0.2, 0.25) is 10.0 Å². The second kappa shape index (κ2) is 4.62. The van der Waals surface area contributed by atoms with Gasteiger partial charge in [0.1, 0.15) is 16.5 Å². The molecule has 2 rings (SSSR count). The normalized spacial score (nSPS) is 21.9. The van der Waals surface area contributed by atoms with Crippen molar-refractivity contribution in [3.05, 3.63) is 29.8 Å². The number of rotatable bonds is 2. The van der Waals surface area contributed by atoms with Gasteiger partial charge in [-0.2, -0.15) is 4.31 Å². The number of nitrogens with zero attached hydrogens (tertiary/aromatic N) is 1. The number of sulfonamides is 1. The van der Waals surface area contributed by atoms with Crippen molar-refractivity contribution in [3.8, 4) is 0 Å². The zero-order valence-corrected chi connectivity index (χ0v) is 11.1. The lowest BCUT2D eigenvalue weighted by atomic mass is 10.3. The molecule has 0 aliphatic carbocycles. The van der Waals surface area contributed by atoms with E-state index in [1.807, 2.05) is 0 Å². The van der Waals surface area contributed by atoms with E-state index in [2.05, 4.69) is 15.9 Å². The molecule has 1 aromatic rings. The Hall–Kier alpha value is -0.530. The van der Waals surface area contributed by atoms with E-state index in [9.17, 15) is 17.2 Å². The minimum Gasteiger partial charge on any atom is -0.207 e. The van der Waals surface area contributed by atoms with Crippen LogP contribution in [0.25, 0.3) is 0 Å². The zero-order valence-electron chi connectivity index (χ0n) is 8.74. The van der Waals surface area contributed by atoms with Gasteiger partial charge in [0.25, 0.3) is 0 Å². The highest BCUT2D eigenvalue weighted by Gasteiger charge is 2.33. The molecule has 0 radical (unpaired) electrons. The second-order valence-electron chi connectivity index (χ2n) is 3.82. The van der Waals surface area contributed by atoms with Crippen LogP contribution in [0.2, 0.25) is 0 Å². The lowest BCUT2D eigenvalue weighted by molar-refractivity contribution is 0.469. The van der Waals surface area contributed by atoms with Gasteiger partial charge >= 0.3 is 0 Å². The lowest BCUT2D eigenvalue weighted by Gasteiger charge is -2.16. The molecule has 1 aromatic carbocycles. The van der Waals surface area contributed by atoms with Crippen LogP contribution >= 0.6 is 15.9 Å². The number of alkyl halides is 1. The minimum absolute atomic E-state index is 0.0841. The number of halogens is 3. The molecule has 7 heteroatoms. The fourth-order valence-corrected chi connectivity index (χ4v) is 4.02. The van der Waals surface area contributed by atoms with Crippen LogP contribution < -0.4 is 0 Å². The fraction of sp³-hybridized carbons (Fsp3) is 0.400. The predicted octanol–water partition coefficient (Wildman–Crippen LogP) is 2.12. The van der Waals surface area contributed by atoms with Gasteiger partial charge in [-0.1, -0.05) is 15.9 Å². The minimum atomic E-state index is -3.86. The van der Waals surface area contributed by atoms with Crippen LogP contribution in [-0.4, -0.2) is 30.6 Å². The van der Waals surface area contributed by atoms with Crippen molar-refractivity contribution >= 4 is 26.0 Å². The summed E-state index contributed by atoms with van der Waals surface area (Å²) in [4.78, 5) is -0.388. The van der Waals surface area contributed by atoms with Crippen molar-refractivity contribution in [2.24, 2.45) is 0 Å². The molecule has 1 unspecified atom stereocenters. The highest BCUT2D eigenvalue weighted by Crippen LogP contribution is 2.26. The maximum atomic E-state index is 13.4. The van der Waals surface area contributed by atoms with Gasteiger partial charge in [0, 0.05) is 24.0 Å². The maximum Gasteiger partial charge on any atom is 0.246 e. The Morgan fingerprint density at radius 3 is 2.59 bits per heavy atom. The first-order valence-corrected chi connectivity index (χ1v) is 7.36. The molecule has 0 spiro atoms. The third-order valence-corrected chi connectivity index (χ3v) is 5.25. The van der Waals surface area contributed by atoms with E-state index in [0.717, 1.165) is 12.1 Å². The summed E-state index contributed by atoms with van der Waals surface area (Å²) in [6, 6.07) is 2.48. The van der Waals surface area contributed by atoms with Crippen LogP contribution in [0.5, 0.6) is 0 Å². The van der Waals surface area contributed by atoms with Crippen LogP contribution in [0.3, 0.4) is 0 Å². The standard InChI is InChI=1S/C10H10BrF2NO2S/c11-7-3-4-14(6-7)17(15,16)10-2-1-8(12)5-9(10)13/h1-2,5,7H,3-4,6H2. The Labute approximate surface area is 107 Å². The number of benzene rings is 1. The van der Waals surface area contributed by atoms with Crippen molar-refractivity contribution in [2.75, 3.05) is 13.1 Å². The molecule has 0 aromatic heterocycles. The average molecular weight is 326 g/mol. The summed E-state index contributed by atoms with van der Waals surface area (Å²) in [5.41, 5.74) is 0. The predicted molar refractivity (Wildman–Crippen MR) is 62.4 cm³/mol. The van der Waals surface area contributed by atoms with E-state index in [-0.39, 0.29) is 4.83 Å². The Morgan fingerprint density at radius 2 is 2.06 bits per heavy atom. The van der Waals surface area contributed by atoms with E-state index < -0.39 is 26.6 Å². The average Bonchev–Trinajstić information content (AvgIpc) is 2.64. The molecule has 0 N–H and O–H groups in total. The van der Waals surface area contributed by atoms with Crippen LogP contribution in [0.4, 0.5) is 8.78 Å². The quantitative estimate of drug-likeness (QED) is 0.781. The molecule has 17 heavy (non-hydrogen) atoms. The SMILES string of the molecule is O=S(=O)(c1ccc(F)cc1F)N1CCC(Br)C1. The van der Waals surface area contributed by atoms with E-state index in [0.29, 0.717) is 25.6 Å². The Balaban J connectivity index is 2.38. The third-order valence-electron chi connectivity index (χ3n) is 2.61. The van der Waals surface area contributed by atoms with E-state index in [4.69, 9.17) is 0 Å². The summed E-state index contributed by atoms with van der Waals surface area (Å²) in [7, 11) is -3.86. The first-order valence-electron chi connectivity index (χ1n) is 5.00. The van der Waals surface area contributed by atoms with Crippen molar-refractivity contribution in [1.82, 2.24) is 4.31 Å². The van der Waals surface area contributed by atoms with Gasteiger partial charge in [0.05, 0.1) is 0 Å². The van der Waals surface area contributed by atoms with Crippen molar-refractivity contribution in [3.63, 3.8) is 0 Å². The fourth-order valence-electron chi connectivity index (χ4n) is 1.73. The van der Waals surface area contributed by atoms with Gasteiger partial charge < -0.3 is 0 Å². The molecule has 3 nitrogen and oxygen atoms in total. The first-order chi connectivity index (χ1) is 7.91. The third kappa shape index (κ3) is 2.51. The summed E-state index contributed by atoms with van der Waals surface area (Å²) < 4.78 is 51.5. The molecule has 0 saturated carbocycles. The molecular weight excluding hydrogens is 316 g/mol. The van der Waals surface area contributed by atoms with Crippen molar-refractivity contribution in [1.29, 1.82) is 0 Å². The Morgan fingerprint density at radius 1 is 1.35 bits per heavy atom. The van der Waals surface area contributed by atoms with Crippen molar-refractivity contribution in [2.45, 2.75) is 16.1 Å². The van der Waals surface area contributed by atoms with Crippen LogP contribution in [0.1, 0.15) is 6.42 Å². The number of hydrogen-bond donors (Lipinski definition) is 0. The molecular formula is C10H10BrF2NO2S. The molecule has 94 valence electrons. The van der Waals surface area contributed by atoms with E-state index in [1.54, 1.807) is 0 Å². The van der Waals surface area contributed by atoms with Crippen LogP contribution in [-0.2, 0) is 10.0 Å². The second-order valence-corrected chi connectivity index (χ2v) is 7.03. The van der Waals surface area contributed by atoms with Gasteiger partial charge in [-0.3, -0.25) is 0 Å². The van der Waals surface area contributed by atoms with Gasteiger partial charge in [0.15, 0.2) is 0 Å². The van der Waals surface area contributed by atoms with Gasteiger partial charge in [-0.15, -0.1) is 0 Å². The molecule has 1 fully saturated rings. The topological polar surface area (TPSA) is 37.4 Å². The largest absolute Gasteiger partial charge is 0.246 e. The van der Waals surface area contributed by atoms with Crippen LogP contribution in [0, 0.1) is 11.6 Å². The van der Waals surface area contributed by atoms with Gasteiger partial charge in [-0.25, -0.2) is 17.2 Å². The highest BCUT2D eigenvalue weighted by atomic mass is 79.9. The summed E-state index contributed by atoms with van der Waals surface area (Å²) in [6.07, 6.45) is 0.683. The molecule has 1 atom stereocenters. The monoisotopic (exact) mass is 325 g/mol. The summed E-state index contributed by atoms with van der Waals surface area (Å²) >= 11 is 3.31. The molecule has 0 bridgehead atoms. The summed E-state index contributed by atoms with van der Waals surface area (Å²) in [6.45, 7) is 0.647. The van der Waals surface area contributed by atoms with Gasteiger partial charge in [-0.05, 0) is 18.6 Å². The molecule has 1 aliphatic heterocycles. The smallest absolute Gasteiger partial charge is 0.207 e. The number of hydrogen-bond acceptors (Lipinski definition) is 2. The lowest BCUT2D eigenvalue weighted by Crippen LogP contribution is -2.29. The Bertz CT molecular complexity index is 535. The molecule has 1 heterocycles. The first kappa shape index (κ1) is 12.9. The summed E-state index contributed by atoms with van der Waals surface area (Å²) in [5.74, 6) is -1.84. The molecule has 0 amide bonds. The molecule has 1 saturated heterocycles. The molecule has 1 aliphatic rings. The highest BCUT2D eigenvalue weighted by molar-refractivity contribution is 9.09.